The highest BCUT2D eigenvalue weighted by Crippen LogP contribution is 2.09. The van der Waals surface area contributed by atoms with Gasteiger partial charge in [-0.3, -0.25) is 4.90 Å². The van der Waals surface area contributed by atoms with Crippen molar-refractivity contribution in [3.05, 3.63) is 67.3 Å². The first-order valence-electron chi connectivity index (χ1n) is 5.45. The lowest BCUT2D eigenvalue weighted by Crippen LogP contribution is -2.23. The SMILES string of the molecule is C=CCN(CC=C)Cc1cccc(C=C)c1. The number of nitrogens with zero attached hydrogens (tertiary/aromatic N) is 1. The molecule has 1 aromatic carbocycles. The quantitative estimate of drug-likeness (QED) is 0.627. The number of hydrogen-bond donors (Lipinski definition) is 0. The Morgan fingerprint density at radius 3 is 2.31 bits per heavy atom. The predicted octanol–water partition coefficient (Wildman–Crippen LogP) is 3.50. The van der Waals surface area contributed by atoms with Crippen LogP contribution >= 0.6 is 0 Å². The number of rotatable bonds is 7. The summed E-state index contributed by atoms with van der Waals surface area (Å²) in [6.45, 7) is 14.0. The van der Waals surface area contributed by atoms with Crippen LogP contribution in [0.3, 0.4) is 0 Å². The lowest BCUT2D eigenvalue weighted by atomic mass is 10.1. The van der Waals surface area contributed by atoms with Crippen LogP contribution in [0.4, 0.5) is 0 Å². The summed E-state index contributed by atoms with van der Waals surface area (Å²) in [5.74, 6) is 0. The summed E-state index contributed by atoms with van der Waals surface area (Å²) >= 11 is 0. The van der Waals surface area contributed by atoms with Crippen molar-refractivity contribution >= 4 is 6.08 Å². The highest BCUT2D eigenvalue weighted by molar-refractivity contribution is 5.47. The summed E-state index contributed by atoms with van der Waals surface area (Å²) in [5, 5.41) is 0. The first-order chi connectivity index (χ1) is 7.80. The second-order valence-electron chi connectivity index (χ2n) is 3.72. The van der Waals surface area contributed by atoms with Crippen molar-refractivity contribution in [3.63, 3.8) is 0 Å². The Morgan fingerprint density at radius 1 is 1.06 bits per heavy atom. The van der Waals surface area contributed by atoms with Crippen LogP contribution in [0.5, 0.6) is 0 Å². The van der Waals surface area contributed by atoms with Gasteiger partial charge in [0.15, 0.2) is 0 Å². The van der Waals surface area contributed by atoms with Gasteiger partial charge in [0.25, 0.3) is 0 Å². The van der Waals surface area contributed by atoms with E-state index in [0.29, 0.717) is 0 Å². The first-order valence-corrected chi connectivity index (χ1v) is 5.45. The van der Waals surface area contributed by atoms with Gasteiger partial charge in [0.2, 0.25) is 0 Å². The van der Waals surface area contributed by atoms with Crippen molar-refractivity contribution in [2.24, 2.45) is 0 Å². The topological polar surface area (TPSA) is 3.24 Å². The minimum atomic E-state index is 0.879. The molecule has 0 unspecified atom stereocenters. The van der Waals surface area contributed by atoms with Gasteiger partial charge < -0.3 is 0 Å². The maximum atomic E-state index is 3.78. The number of benzene rings is 1. The van der Waals surface area contributed by atoms with E-state index in [4.69, 9.17) is 0 Å². The molecule has 1 aromatic rings. The first kappa shape index (κ1) is 12.5. The molecule has 0 saturated carbocycles. The minimum absolute atomic E-state index is 0.879. The number of hydrogen-bond acceptors (Lipinski definition) is 1. The predicted molar refractivity (Wildman–Crippen MR) is 72.2 cm³/mol. The van der Waals surface area contributed by atoms with Gasteiger partial charge in [-0.05, 0) is 11.1 Å². The molecule has 16 heavy (non-hydrogen) atoms. The van der Waals surface area contributed by atoms with E-state index in [1.165, 1.54) is 5.56 Å². The van der Waals surface area contributed by atoms with Crippen LogP contribution in [-0.4, -0.2) is 18.0 Å². The fourth-order valence-corrected chi connectivity index (χ4v) is 1.65. The summed E-state index contributed by atoms with van der Waals surface area (Å²) in [6, 6.07) is 8.41. The Balaban J connectivity index is 2.71. The second-order valence-corrected chi connectivity index (χ2v) is 3.72. The van der Waals surface area contributed by atoms with Crippen molar-refractivity contribution in [3.8, 4) is 0 Å². The lowest BCUT2D eigenvalue weighted by molar-refractivity contribution is 0.328. The molecule has 0 saturated heterocycles. The molecule has 1 nitrogen and oxygen atoms in total. The molecule has 0 aliphatic rings. The van der Waals surface area contributed by atoms with Crippen LogP contribution in [0, 0.1) is 0 Å². The Labute approximate surface area is 98.4 Å². The summed E-state index contributed by atoms with van der Waals surface area (Å²) < 4.78 is 0. The molecule has 0 bridgehead atoms. The third kappa shape index (κ3) is 3.87. The average molecular weight is 213 g/mol. The highest BCUT2D eigenvalue weighted by atomic mass is 15.1. The minimum Gasteiger partial charge on any atom is -0.292 e. The van der Waals surface area contributed by atoms with Gasteiger partial charge >= 0.3 is 0 Å². The third-order valence-corrected chi connectivity index (χ3v) is 2.37. The van der Waals surface area contributed by atoms with Crippen molar-refractivity contribution in [1.82, 2.24) is 4.90 Å². The van der Waals surface area contributed by atoms with Gasteiger partial charge in [0.05, 0.1) is 0 Å². The van der Waals surface area contributed by atoms with Crippen LogP contribution in [0.1, 0.15) is 11.1 Å². The average Bonchev–Trinajstić information content (AvgIpc) is 2.30. The molecule has 1 heteroatoms. The van der Waals surface area contributed by atoms with E-state index in [1.54, 1.807) is 0 Å². The Kier molecular flexibility index (Phi) is 5.30. The normalized spacial score (nSPS) is 10.1. The summed E-state index contributed by atoms with van der Waals surface area (Å²) in [4.78, 5) is 2.28. The van der Waals surface area contributed by atoms with E-state index in [0.717, 1.165) is 25.2 Å². The maximum absolute atomic E-state index is 3.78. The zero-order chi connectivity index (χ0) is 11.8. The lowest BCUT2D eigenvalue weighted by Gasteiger charge is -2.18. The van der Waals surface area contributed by atoms with E-state index in [-0.39, 0.29) is 0 Å². The molecule has 0 heterocycles. The van der Waals surface area contributed by atoms with E-state index >= 15 is 0 Å². The molecular formula is C15H19N. The van der Waals surface area contributed by atoms with Gasteiger partial charge in [-0.2, -0.15) is 0 Å². The molecule has 0 spiro atoms. The van der Waals surface area contributed by atoms with Gasteiger partial charge in [0, 0.05) is 19.6 Å². The van der Waals surface area contributed by atoms with Crippen LogP contribution in [0.25, 0.3) is 6.08 Å². The van der Waals surface area contributed by atoms with Crippen LogP contribution in [0.2, 0.25) is 0 Å². The van der Waals surface area contributed by atoms with Gasteiger partial charge in [-0.1, -0.05) is 49.1 Å². The molecule has 0 radical (unpaired) electrons. The largest absolute Gasteiger partial charge is 0.292 e. The van der Waals surface area contributed by atoms with Crippen LogP contribution < -0.4 is 0 Å². The molecule has 0 aliphatic heterocycles. The van der Waals surface area contributed by atoms with Crippen molar-refractivity contribution in [1.29, 1.82) is 0 Å². The van der Waals surface area contributed by atoms with E-state index in [2.05, 4.69) is 48.9 Å². The summed E-state index contributed by atoms with van der Waals surface area (Å²) in [6.07, 6.45) is 5.70. The van der Waals surface area contributed by atoms with Crippen molar-refractivity contribution in [2.45, 2.75) is 6.54 Å². The maximum Gasteiger partial charge on any atom is 0.0240 e. The Morgan fingerprint density at radius 2 is 1.75 bits per heavy atom. The van der Waals surface area contributed by atoms with E-state index in [9.17, 15) is 0 Å². The molecule has 0 amide bonds. The molecule has 0 atom stereocenters. The smallest absolute Gasteiger partial charge is 0.0240 e. The van der Waals surface area contributed by atoms with Gasteiger partial charge in [-0.25, -0.2) is 0 Å². The fourth-order valence-electron chi connectivity index (χ4n) is 1.65. The van der Waals surface area contributed by atoms with Crippen molar-refractivity contribution < 1.29 is 0 Å². The van der Waals surface area contributed by atoms with E-state index in [1.807, 2.05) is 18.2 Å². The van der Waals surface area contributed by atoms with Crippen LogP contribution in [0.15, 0.2) is 56.2 Å². The monoisotopic (exact) mass is 213 g/mol. The zero-order valence-electron chi connectivity index (χ0n) is 9.73. The molecule has 1 rings (SSSR count). The third-order valence-electron chi connectivity index (χ3n) is 2.37. The van der Waals surface area contributed by atoms with E-state index < -0.39 is 0 Å². The second kappa shape index (κ2) is 6.81. The van der Waals surface area contributed by atoms with Crippen molar-refractivity contribution in [2.75, 3.05) is 13.1 Å². The molecule has 0 aromatic heterocycles. The molecule has 0 N–H and O–H groups in total. The fraction of sp³-hybridized carbons (Fsp3) is 0.200. The molecule has 0 aliphatic carbocycles. The van der Waals surface area contributed by atoms with Gasteiger partial charge in [-0.15, -0.1) is 13.2 Å². The molecule has 84 valence electrons. The summed E-state index contributed by atoms with van der Waals surface area (Å²) in [7, 11) is 0. The standard InChI is InChI=1S/C15H19N/c1-4-10-16(11-5-2)13-15-9-7-8-14(6-3)12-15/h4-9,12H,1-3,10-11,13H2. The molecule has 0 fully saturated rings. The highest BCUT2D eigenvalue weighted by Gasteiger charge is 2.02. The Hall–Kier alpha value is -1.60. The molecular weight excluding hydrogens is 194 g/mol. The van der Waals surface area contributed by atoms with Gasteiger partial charge in [0.1, 0.15) is 0 Å². The summed E-state index contributed by atoms with van der Waals surface area (Å²) in [5.41, 5.74) is 2.45. The zero-order valence-corrected chi connectivity index (χ0v) is 9.73. The Bertz CT molecular complexity index is 355. The van der Waals surface area contributed by atoms with Crippen LogP contribution in [-0.2, 0) is 6.54 Å².